The van der Waals surface area contributed by atoms with Crippen LogP contribution in [0.5, 0.6) is 5.75 Å². The van der Waals surface area contributed by atoms with E-state index in [-0.39, 0.29) is 5.75 Å². The molecule has 0 radical (unpaired) electrons. The molecule has 2 aromatic carbocycles. The van der Waals surface area contributed by atoms with Crippen molar-refractivity contribution in [3.05, 3.63) is 64.7 Å². The van der Waals surface area contributed by atoms with Crippen LogP contribution in [-0.4, -0.2) is 7.11 Å². The molecule has 0 spiro atoms. The van der Waals surface area contributed by atoms with Crippen LogP contribution in [0.1, 0.15) is 16.0 Å². The normalized spacial score (nSPS) is 12.3. The molecule has 0 aromatic heterocycles. The van der Waals surface area contributed by atoms with Crippen LogP contribution < -0.4 is 4.74 Å². The largest absolute Gasteiger partial charge is 0.497 e. The monoisotopic (exact) mass is 348 g/mol. The molecule has 20 heavy (non-hydrogen) atoms. The summed E-state index contributed by atoms with van der Waals surface area (Å²) in [4.78, 5) is -1.28. The SMILES string of the molecule is COc1cc(F)c(C(Br)c2c(F)cccc2F)c(F)c1. The van der Waals surface area contributed by atoms with Gasteiger partial charge in [-0.1, -0.05) is 22.0 Å². The summed E-state index contributed by atoms with van der Waals surface area (Å²) in [6.45, 7) is 0. The van der Waals surface area contributed by atoms with Crippen molar-refractivity contribution in [2.45, 2.75) is 4.83 Å². The van der Waals surface area contributed by atoms with E-state index in [1.54, 1.807) is 0 Å². The van der Waals surface area contributed by atoms with E-state index in [1.165, 1.54) is 13.2 Å². The van der Waals surface area contributed by atoms with Crippen molar-refractivity contribution in [3.63, 3.8) is 0 Å². The first-order valence-corrected chi connectivity index (χ1v) is 6.48. The number of hydrogen-bond acceptors (Lipinski definition) is 1. The van der Waals surface area contributed by atoms with Gasteiger partial charge in [0.1, 0.15) is 29.0 Å². The van der Waals surface area contributed by atoms with Crippen molar-refractivity contribution in [1.29, 1.82) is 0 Å². The third-order valence-electron chi connectivity index (χ3n) is 2.79. The Hall–Kier alpha value is -1.56. The summed E-state index contributed by atoms with van der Waals surface area (Å²) in [6.07, 6.45) is 0. The summed E-state index contributed by atoms with van der Waals surface area (Å²) >= 11 is 2.94. The van der Waals surface area contributed by atoms with Gasteiger partial charge in [-0.05, 0) is 12.1 Å². The molecule has 2 rings (SSSR count). The highest BCUT2D eigenvalue weighted by atomic mass is 79.9. The van der Waals surface area contributed by atoms with Crippen molar-refractivity contribution in [2.24, 2.45) is 0 Å². The summed E-state index contributed by atoms with van der Waals surface area (Å²) in [7, 11) is 1.26. The molecule has 0 heterocycles. The van der Waals surface area contributed by atoms with Crippen LogP contribution in [0.25, 0.3) is 0 Å². The fourth-order valence-corrected chi connectivity index (χ4v) is 2.69. The molecule has 0 amide bonds. The molecule has 6 heteroatoms. The van der Waals surface area contributed by atoms with Gasteiger partial charge in [-0.2, -0.15) is 0 Å². The number of halogens is 5. The van der Waals surface area contributed by atoms with Crippen molar-refractivity contribution in [1.82, 2.24) is 0 Å². The number of alkyl halides is 1. The summed E-state index contributed by atoms with van der Waals surface area (Å²) in [6, 6.07) is 5.11. The number of rotatable bonds is 3. The molecule has 1 unspecified atom stereocenters. The van der Waals surface area contributed by atoms with Gasteiger partial charge in [0.25, 0.3) is 0 Å². The summed E-state index contributed by atoms with van der Waals surface area (Å²) < 4.78 is 59.8. The van der Waals surface area contributed by atoms with Crippen molar-refractivity contribution < 1.29 is 22.3 Å². The number of hydrogen-bond donors (Lipinski definition) is 0. The Morgan fingerprint density at radius 3 is 1.80 bits per heavy atom. The highest BCUT2D eigenvalue weighted by Crippen LogP contribution is 2.38. The van der Waals surface area contributed by atoms with E-state index in [0.717, 1.165) is 24.3 Å². The lowest BCUT2D eigenvalue weighted by Gasteiger charge is -2.15. The van der Waals surface area contributed by atoms with Crippen LogP contribution in [0.4, 0.5) is 17.6 Å². The maximum absolute atomic E-state index is 13.9. The lowest BCUT2D eigenvalue weighted by molar-refractivity contribution is 0.405. The highest BCUT2D eigenvalue weighted by molar-refractivity contribution is 9.09. The molecule has 1 nitrogen and oxygen atoms in total. The molecule has 0 fully saturated rings. The van der Waals surface area contributed by atoms with Gasteiger partial charge in [0, 0.05) is 23.3 Å². The first kappa shape index (κ1) is 14.8. The molecule has 0 N–H and O–H groups in total. The number of benzene rings is 2. The molecule has 2 aromatic rings. The predicted octanol–water partition coefficient (Wildman–Crippen LogP) is 4.74. The van der Waals surface area contributed by atoms with Crippen molar-refractivity contribution in [2.75, 3.05) is 7.11 Å². The predicted molar refractivity (Wildman–Crippen MR) is 70.0 cm³/mol. The molecule has 0 aliphatic heterocycles. The Morgan fingerprint density at radius 2 is 1.35 bits per heavy atom. The second-order valence-corrected chi connectivity index (χ2v) is 4.92. The van der Waals surface area contributed by atoms with Gasteiger partial charge >= 0.3 is 0 Å². The van der Waals surface area contributed by atoms with Crippen LogP contribution in [0, 0.1) is 23.3 Å². The second kappa shape index (κ2) is 5.83. The lowest BCUT2D eigenvalue weighted by Crippen LogP contribution is -2.06. The lowest BCUT2D eigenvalue weighted by atomic mass is 10.0. The Balaban J connectivity index is 2.57. The van der Waals surface area contributed by atoms with Crippen LogP contribution >= 0.6 is 15.9 Å². The van der Waals surface area contributed by atoms with E-state index in [1.807, 2.05) is 0 Å². The van der Waals surface area contributed by atoms with Crippen LogP contribution in [0.2, 0.25) is 0 Å². The smallest absolute Gasteiger partial charge is 0.134 e. The first-order chi connectivity index (χ1) is 9.45. The van der Waals surface area contributed by atoms with E-state index in [4.69, 9.17) is 4.74 Å². The van der Waals surface area contributed by atoms with Crippen LogP contribution in [0.3, 0.4) is 0 Å². The van der Waals surface area contributed by atoms with E-state index in [2.05, 4.69) is 15.9 Å². The van der Waals surface area contributed by atoms with E-state index in [9.17, 15) is 17.6 Å². The zero-order valence-corrected chi connectivity index (χ0v) is 11.8. The van der Waals surface area contributed by atoms with Gasteiger partial charge in [-0.3, -0.25) is 0 Å². The van der Waals surface area contributed by atoms with Crippen LogP contribution in [-0.2, 0) is 0 Å². The Labute approximate surface area is 121 Å². The van der Waals surface area contributed by atoms with E-state index in [0.29, 0.717) is 0 Å². The first-order valence-electron chi connectivity index (χ1n) is 5.56. The maximum Gasteiger partial charge on any atom is 0.134 e. The van der Waals surface area contributed by atoms with E-state index >= 15 is 0 Å². The minimum absolute atomic E-state index is 0.0162. The Kier molecular flexibility index (Phi) is 4.32. The maximum atomic E-state index is 13.9. The van der Waals surface area contributed by atoms with Crippen molar-refractivity contribution in [3.8, 4) is 5.75 Å². The molecule has 0 aliphatic carbocycles. The Morgan fingerprint density at radius 1 is 0.900 bits per heavy atom. The highest BCUT2D eigenvalue weighted by Gasteiger charge is 2.25. The minimum atomic E-state index is -1.28. The Bertz CT molecular complexity index is 602. The molecule has 0 bridgehead atoms. The van der Waals surface area contributed by atoms with Gasteiger partial charge < -0.3 is 4.74 Å². The number of ether oxygens (including phenoxy) is 1. The van der Waals surface area contributed by atoms with Gasteiger partial charge in [-0.25, -0.2) is 17.6 Å². The fraction of sp³-hybridized carbons (Fsp3) is 0.143. The summed E-state index contributed by atoms with van der Waals surface area (Å²) in [5.41, 5.74) is -0.926. The average molecular weight is 349 g/mol. The fourth-order valence-electron chi connectivity index (χ4n) is 1.82. The zero-order valence-electron chi connectivity index (χ0n) is 10.3. The molecular weight excluding hydrogens is 340 g/mol. The quantitative estimate of drug-likeness (QED) is 0.575. The standard InChI is InChI=1S/C14H9BrF4O/c1-20-7-5-10(18)13(11(19)6-7)14(15)12-8(16)3-2-4-9(12)17/h2-6,14H,1H3. The van der Waals surface area contributed by atoms with Gasteiger partial charge in [0.05, 0.1) is 11.9 Å². The topological polar surface area (TPSA) is 9.23 Å². The van der Waals surface area contributed by atoms with Gasteiger partial charge in [0.15, 0.2) is 0 Å². The van der Waals surface area contributed by atoms with Gasteiger partial charge in [0.2, 0.25) is 0 Å². The zero-order chi connectivity index (χ0) is 14.9. The number of methoxy groups -OCH3 is 1. The average Bonchev–Trinajstić information content (AvgIpc) is 2.37. The molecule has 0 saturated carbocycles. The second-order valence-electron chi connectivity index (χ2n) is 4.00. The molecule has 106 valence electrons. The third kappa shape index (κ3) is 2.65. The molecule has 1 atom stereocenters. The molecule has 0 saturated heterocycles. The third-order valence-corrected chi connectivity index (χ3v) is 3.71. The van der Waals surface area contributed by atoms with Crippen molar-refractivity contribution >= 4 is 15.9 Å². The summed E-state index contributed by atoms with van der Waals surface area (Å²) in [5, 5.41) is 0. The summed E-state index contributed by atoms with van der Waals surface area (Å²) in [5.74, 6) is -3.70. The van der Waals surface area contributed by atoms with Gasteiger partial charge in [-0.15, -0.1) is 0 Å². The minimum Gasteiger partial charge on any atom is -0.497 e. The van der Waals surface area contributed by atoms with E-state index < -0.39 is 39.2 Å². The molecule has 0 aliphatic rings. The van der Waals surface area contributed by atoms with Crippen LogP contribution in [0.15, 0.2) is 30.3 Å². The molecular formula is C14H9BrF4O.